The van der Waals surface area contributed by atoms with E-state index in [4.69, 9.17) is 24.4 Å². The molecule has 0 bridgehead atoms. The van der Waals surface area contributed by atoms with Crippen molar-refractivity contribution in [3.63, 3.8) is 0 Å². The van der Waals surface area contributed by atoms with Crippen LogP contribution in [0.1, 0.15) is 6.92 Å². The molecule has 0 spiro atoms. The SMILES string of the molecule is CCOc1nnc(-c2cc(OC)cc(OC)c2N)o1. The third-order valence-corrected chi connectivity index (χ3v) is 2.48. The second-order valence-corrected chi connectivity index (χ2v) is 3.60. The number of methoxy groups -OCH3 is 2. The van der Waals surface area contributed by atoms with Crippen molar-refractivity contribution in [2.75, 3.05) is 26.6 Å². The summed E-state index contributed by atoms with van der Waals surface area (Å²) in [5, 5.41) is 7.64. The van der Waals surface area contributed by atoms with Gasteiger partial charge in [0, 0.05) is 6.07 Å². The fourth-order valence-electron chi connectivity index (χ4n) is 1.57. The normalized spacial score (nSPS) is 10.3. The number of hydrogen-bond acceptors (Lipinski definition) is 7. The predicted octanol–water partition coefficient (Wildman–Crippen LogP) is 1.73. The average Bonchev–Trinajstić information content (AvgIpc) is 2.88. The highest BCUT2D eigenvalue weighted by molar-refractivity contribution is 5.77. The molecule has 1 aromatic carbocycles. The fraction of sp³-hybridized carbons (Fsp3) is 0.333. The highest BCUT2D eigenvalue weighted by atomic mass is 16.6. The molecular weight excluding hydrogens is 250 g/mol. The Bertz CT molecular complexity index is 568. The number of ether oxygens (including phenoxy) is 3. The van der Waals surface area contributed by atoms with Crippen LogP contribution in [0.4, 0.5) is 5.69 Å². The van der Waals surface area contributed by atoms with Gasteiger partial charge in [0.05, 0.1) is 32.1 Å². The van der Waals surface area contributed by atoms with E-state index in [0.717, 1.165) is 0 Å². The van der Waals surface area contributed by atoms with E-state index in [1.54, 1.807) is 19.2 Å². The summed E-state index contributed by atoms with van der Waals surface area (Å²) in [7, 11) is 3.07. The van der Waals surface area contributed by atoms with Crippen LogP contribution in [-0.4, -0.2) is 31.0 Å². The van der Waals surface area contributed by atoms with Gasteiger partial charge in [-0.1, -0.05) is 5.10 Å². The monoisotopic (exact) mass is 265 g/mol. The third kappa shape index (κ3) is 2.54. The zero-order valence-corrected chi connectivity index (χ0v) is 11.0. The lowest BCUT2D eigenvalue weighted by Gasteiger charge is -2.10. The Labute approximate surface area is 110 Å². The van der Waals surface area contributed by atoms with Crippen LogP contribution >= 0.6 is 0 Å². The standard InChI is InChI=1S/C12H15N3O4/c1-4-18-12-15-14-11(19-12)8-5-7(16-2)6-9(17-3)10(8)13/h5-6H,4,13H2,1-3H3. The zero-order valence-electron chi connectivity index (χ0n) is 11.0. The van der Waals surface area contributed by atoms with Gasteiger partial charge in [-0.15, -0.1) is 5.10 Å². The van der Waals surface area contributed by atoms with Crippen LogP contribution in [0.3, 0.4) is 0 Å². The van der Waals surface area contributed by atoms with Gasteiger partial charge < -0.3 is 24.4 Å². The van der Waals surface area contributed by atoms with Crippen molar-refractivity contribution in [1.82, 2.24) is 10.2 Å². The van der Waals surface area contributed by atoms with Crippen LogP contribution < -0.4 is 19.9 Å². The molecule has 0 radical (unpaired) electrons. The Morgan fingerprint density at radius 1 is 1.21 bits per heavy atom. The number of nitrogens with two attached hydrogens (primary N) is 1. The van der Waals surface area contributed by atoms with Gasteiger partial charge in [-0.2, -0.15) is 0 Å². The molecule has 7 heteroatoms. The maximum atomic E-state index is 5.98. The average molecular weight is 265 g/mol. The minimum atomic E-state index is 0.0960. The first-order valence-corrected chi connectivity index (χ1v) is 5.67. The molecule has 0 atom stereocenters. The minimum Gasteiger partial charge on any atom is -0.497 e. The highest BCUT2D eigenvalue weighted by Gasteiger charge is 2.17. The summed E-state index contributed by atoms with van der Waals surface area (Å²) >= 11 is 0. The molecule has 1 heterocycles. The molecule has 2 N–H and O–H groups in total. The Balaban J connectivity index is 2.47. The largest absolute Gasteiger partial charge is 0.497 e. The molecule has 102 valence electrons. The fourth-order valence-corrected chi connectivity index (χ4v) is 1.57. The number of nitrogen functional groups attached to an aromatic ring is 1. The van der Waals surface area contributed by atoms with E-state index in [2.05, 4.69) is 10.2 Å². The first-order valence-electron chi connectivity index (χ1n) is 5.67. The van der Waals surface area contributed by atoms with E-state index in [0.29, 0.717) is 29.4 Å². The molecule has 1 aromatic heterocycles. The third-order valence-electron chi connectivity index (χ3n) is 2.48. The van der Waals surface area contributed by atoms with Crippen molar-refractivity contribution in [1.29, 1.82) is 0 Å². The number of benzene rings is 1. The molecule has 2 aromatic rings. The number of aromatic nitrogens is 2. The highest BCUT2D eigenvalue weighted by Crippen LogP contribution is 2.37. The van der Waals surface area contributed by atoms with E-state index < -0.39 is 0 Å². The quantitative estimate of drug-likeness (QED) is 0.823. The van der Waals surface area contributed by atoms with E-state index in [9.17, 15) is 0 Å². The number of hydrogen-bond donors (Lipinski definition) is 1. The maximum absolute atomic E-state index is 5.98. The summed E-state index contributed by atoms with van der Waals surface area (Å²) < 4.78 is 20.8. The second-order valence-electron chi connectivity index (χ2n) is 3.60. The van der Waals surface area contributed by atoms with Gasteiger partial charge in [0.15, 0.2) is 0 Å². The van der Waals surface area contributed by atoms with Crippen LogP contribution in [0.25, 0.3) is 11.5 Å². The van der Waals surface area contributed by atoms with Gasteiger partial charge in [-0.3, -0.25) is 0 Å². The molecule has 0 saturated carbocycles. The van der Waals surface area contributed by atoms with Crippen molar-refractivity contribution >= 4 is 5.69 Å². The molecule has 0 aliphatic carbocycles. The molecule has 0 fully saturated rings. The van der Waals surface area contributed by atoms with Crippen LogP contribution in [0.15, 0.2) is 16.5 Å². The number of rotatable bonds is 5. The van der Waals surface area contributed by atoms with Crippen molar-refractivity contribution in [2.24, 2.45) is 0 Å². The van der Waals surface area contributed by atoms with Crippen LogP contribution in [-0.2, 0) is 0 Å². The Hall–Kier alpha value is -2.44. The van der Waals surface area contributed by atoms with Crippen LogP contribution in [0, 0.1) is 0 Å². The van der Waals surface area contributed by atoms with Gasteiger partial charge in [0.1, 0.15) is 11.5 Å². The molecule has 19 heavy (non-hydrogen) atoms. The van der Waals surface area contributed by atoms with E-state index in [-0.39, 0.29) is 12.0 Å². The van der Waals surface area contributed by atoms with Gasteiger partial charge in [-0.05, 0) is 13.0 Å². The number of anilines is 1. The van der Waals surface area contributed by atoms with Crippen molar-refractivity contribution in [2.45, 2.75) is 6.92 Å². The minimum absolute atomic E-state index is 0.0960. The Morgan fingerprint density at radius 2 is 2.00 bits per heavy atom. The molecule has 2 rings (SSSR count). The smallest absolute Gasteiger partial charge is 0.414 e. The first-order chi connectivity index (χ1) is 9.19. The van der Waals surface area contributed by atoms with Crippen molar-refractivity contribution in [3.05, 3.63) is 12.1 Å². The summed E-state index contributed by atoms with van der Waals surface area (Å²) in [5.41, 5.74) is 6.92. The van der Waals surface area contributed by atoms with E-state index >= 15 is 0 Å². The van der Waals surface area contributed by atoms with Crippen molar-refractivity contribution in [3.8, 4) is 29.0 Å². The van der Waals surface area contributed by atoms with Crippen molar-refractivity contribution < 1.29 is 18.6 Å². The Kier molecular flexibility index (Phi) is 3.74. The maximum Gasteiger partial charge on any atom is 0.414 e. The lowest BCUT2D eigenvalue weighted by molar-refractivity contribution is 0.247. The van der Waals surface area contributed by atoms with E-state index in [1.165, 1.54) is 7.11 Å². The first kappa shape index (κ1) is 13.0. The molecular formula is C12H15N3O4. The van der Waals surface area contributed by atoms with Gasteiger partial charge in [0.25, 0.3) is 5.89 Å². The van der Waals surface area contributed by atoms with Gasteiger partial charge in [-0.25, -0.2) is 0 Å². The summed E-state index contributed by atoms with van der Waals surface area (Å²) in [6, 6.07) is 3.37. The summed E-state index contributed by atoms with van der Waals surface area (Å²) in [6.45, 7) is 2.27. The van der Waals surface area contributed by atoms with E-state index in [1.807, 2.05) is 6.92 Å². The molecule has 0 aliphatic rings. The lowest BCUT2D eigenvalue weighted by atomic mass is 10.1. The molecule has 0 aliphatic heterocycles. The predicted molar refractivity (Wildman–Crippen MR) is 68.4 cm³/mol. The van der Waals surface area contributed by atoms with Gasteiger partial charge >= 0.3 is 6.08 Å². The van der Waals surface area contributed by atoms with Gasteiger partial charge in [0.2, 0.25) is 0 Å². The molecule has 0 amide bonds. The Morgan fingerprint density at radius 3 is 2.63 bits per heavy atom. The summed E-state index contributed by atoms with van der Waals surface area (Å²) in [5.74, 6) is 1.31. The second kappa shape index (κ2) is 5.47. The zero-order chi connectivity index (χ0) is 13.8. The van der Waals surface area contributed by atoms with Crippen LogP contribution in [0.2, 0.25) is 0 Å². The number of nitrogens with zero attached hydrogens (tertiary/aromatic N) is 2. The lowest BCUT2D eigenvalue weighted by Crippen LogP contribution is -1.97. The molecule has 0 unspecified atom stereocenters. The molecule has 7 nitrogen and oxygen atoms in total. The summed E-state index contributed by atoms with van der Waals surface area (Å²) in [4.78, 5) is 0. The summed E-state index contributed by atoms with van der Waals surface area (Å²) in [6.07, 6.45) is 0.0960. The topological polar surface area (TPSA) is 92.6 Å². The molecule has 0 saturated heterocycles. The van der Waals surface area contributed by atoms with Crippen LogP contribution in [0.5, 0.6) is 17.6 Å².